The van der Waals surface area contributed by atoms with Crippen molar-refractivity contribution in [2.24, 2.45) is 17.3 Å². The Morgan fingerprint density at radius 2 is 2.06 bits per heavy atom. The highest BCUT2D eigenvalue weighted by Gasteiger charge is 2.50. The Bertz CT molecular complexity index is 305. The van der Waals surface area contributed by atoms with Crippen molar-refractivity contribution in [3.8, 4) is 0 Å². The summed E-state index contributed by atoms with van der Waals surface area (Å²) < 4.78 is 18.5. The van der Waals surface area contributed by atoms with Crippen LogP contribution in [0.3, 0.4) is 0 Å². The predicted molar refractivity (Wildman–Crippen MR) is 59.4 cm³/mol. The molecule has 0 saturated heterocycles. The van der Waals surface area contributed by atoms with Gasteiger partial charge < -0.3 is 4.74 Å². The van der Waals surface area contributed by atoms with Gasteiger partial charge in [0.25, 0.3) is 0 Å². The fraction of sp³-hybridized carbons (Fsp3) is 0.769. The molecule has 1 atom stereocenters. The minimum Gasteiger partial charge on any atom is -0.469 e. The number of ether oxygens (including phenoxy) is 1. The zero-order valence-electron chi connectivity index (χ0n) is 9.80. The van der Waals surface area contributed by atoms with E-state index in [1.807, 2.05) is 0 Å². The van der Waals surface area contributed by atoms with Crippen LogP contribution in [0.2, 0.25) is 0 Å². The lowest BCUT2D eigenvalue weighted by Gasteiger charge is -2.50. The number of rotatable bonds is 3. The minimum atomic E-state index is -0.617. The van der Waals surface area contributed by atoms with Crippen LogP contribution in [0.25, 0.3) is 0 Å². The van der Waals surface area contributed by atoms with Crippen LogP contribution in [0.15, 0.2) is 12.4 Å². The van der Waals surface area contributed by atoms with E-state index >= 15 is 0 Å². The highest BCUT2D eigenvalue weighted by molar-refractivity contribution is 5.70. The van der Waals surface area contributed by atoms with Gasteiger partial charge in [0.2, 0.25) is 0 Å². The van der Waals surface area contributed by atoms with Gasteiger partial charge in [-0.15, -0.1) is 0 Å². The Kier molecular flexibility index (Phi) is 3.04. The molecule has 0 aromatic heterocycles. The summed E-state index contributed by atoms with van der Waals surface area (Å²) in [4.78, 5) is 11.4. The molecule has 3 aliphatic rings. The third-order valence-electron chi connectivity index (χ3n) is 4.51. The topological polar surface area (TPSA) is 26.3 Å². The van der Waals surface area contributed by atoms with Crippen molar-refractivity contribution in [2.45, 2.75) is 38.5 Å². The Labute approximate surface area is 95.9 Å². The quantitative estimate of drug-likeness (QED) is 0.691. The second-order valence-electron chi connectivity index (χ2n) is 5.24. The molecule has 3 fully saturated rings. The maximum Gasteiger partial charge on any atom is 0.306 e. The van der Waals surface area contributed by atoms with Crippen molar-refractivity contribution in [3.63, 3.8) is 0 Å². The number of methoxy groups -OCH3 is 1. The molecule has 0 radical (unpaired) electrons. The second-order valence-corrected chi connectivity index (χ2v) is 5.24. The van der Waals surface area contributed by atoms with Crippen LogP contribution >= 0.6 is 0 Å². The SMILES string of the molecule is C=C(F)C1(CC(=O)OC)CC2CCC1CC2. The minimum absolute atomic E-state index is 0.167. The zero-order valence-corrected chi connectivity index (χ0v) is 9.80. The van der Waals surface area contributed by atoms with Crippen molar-refractivity contribution in [3.05, 3.63) is 12.4 Å². The molecular weight excluding hydrogens is 207 g/mol. The summed E-state index contributed by atoms with van der Waals surface area (Å²) in [6, 6.07) is 0. The van der Waals surface area contributed by atoms with Crippen molar-refractivity contribution in [1.29, 1.82) is 0 Å². The molecule has 1 unspecified atom stereocenters. The lowest BCUT2D eigenvalue weighted by molar-refractivity contribution is -0.146. The van der Waals surface area contributed by atoms with Crippen molar-refractivity contribution < 1.29 is 13.9 Å². The normalized spacial score (nSPS) is 37.1. The van der Waals surface area contributed by atoms with E-state index in [0.29, 0.717) is 5.92 Å². The molecule has 0 amide bonds. The van der Waals surface area contributed by atoms with E-state index in [9.17, 15) is 9.18 Å². The van der Waals surface area contributed by atoms with Crippen LogP contribution < -0.4 is 0 Å². The Balaban J connectivity index is 2.22. The number of esters is 1. The summed E-state index contributed by atoms with van der Waals surface area (Å²) in [6.45, 7) is 3.48. The molecule has 90 valence electrons. The Morgan fingerprint density at radius 3 is 2.44 bits per heavy atom. The lowest BCUT2D eigenvalue weighted by Crippen LogP contribution is -2.43. The van der Waals surface area contributed by atoms with Crippen molar-refractivity contribution >= 4 is 5.97 Å². The fourth-order valence-electron chi connectivity index (χ4n) is 3.58. The van der Waals surface area contributed by atoms with Crippen molar-refractivity contribution in [2.75, 3.05) is 7.11 Å². The molecule has 3 heteroatoms. The molecule has 0 N–H and O–H groups in total. The van der Waals surface area contributed by atoms with Gasteiger partial charge >= 0.3 is 5.97 Å². The average Bonchev–Trinajstić information content (AvgIpc) is 2.30. The first-order valence-corrected chi connectivity index (χ1v) is 6.00. The van der Waals surface area contributed by atoms with Gasteiger partial charge in [0.05, 0.1) is 19.4 Å². The summed E-state index contributed by atoms with van der Waals surface area (Å²) in [6.07, 6.45) is 5.37. The van der Waals surface area contributed by atoms with Gasteiger partial charge in [0, 0.05) is 5.41 Å². The molecule has 16 heavy (non-hydrogen) atoms. The maximum absolute atomic E-state index is 13.8. The van der Waals surface area contributed by atoms with Crippen LogP contribution in [0.5, 0.6) is 0 Å². The monoisotopic (exact) mass is 226 g/mol. The molecule has 2 bridgehead atoms. The summed E-state index contributed by atoms with van der Waals surface area (Å²) in [5, 5.41) is 0. The number of carbonyl (C=O) groups excluding carboxylic acids is 1. The van der Waals surface area contributed by atoms with Gasteiger partial charge in [-0.05, 0) is 31.1 Å². The van der Waals surface area contributed by atoms with E-state index in [0.717, 1.165) is 19.3 Å². The van der Waals surface area contributed by atoms with Crippen LogP contribution in [-0.2, 0) is 9.53 Å². The van der Waals surface area contributed by atoms with E-state index in [4.69, 9.17) is 0 Å². The highest BCUT2D eigenvalue weighted by atomic mass is 19.1. The first kappa shape index (κ1) is 11.6. The van der Waals surface area contributed by atoms with Gasteiger partial charge in [-0.1, -0.05) is 19.4 Å². The van der Waals surface area contributed by atoms with Gasteiger partial charge in [0.15, 0.2) is 0 Å². The third-order valence-corrected chi connectivity index (χ3v) is 4.51. The molecule has 0 aromatic rings. The number of hydrogen-bond donors (Lipinski definition) is 0. The number of carbonyl (C=O) groups is 1. The molecule has 0 aromatic carbocycles. The highest BCUT2D eigenvalue weighted by Crippen LogP contribution is 2.57. The Hall–Kier alpha value is -0.860. The summed E-state index contributed by atoms with van der Waals surface area (Å²) in [5.41, 5.74) is -0.617. The van der Waals surface area contributed by atoms with E-state index in [1.54, 1.807) is 0 Å². The zero-order chi connectivity index (χ0) is 11.8. The van der Waals surface area contributed by atoms with Gasteiger partial charge in [0.1, 0.15) is 0 Å². The fourth-order valence-corrected chi connectivity index (χ4v) is 3.58. The predicted octanol–water partition coefficient (Wildman–Crippen LogP) is 3.23. The summed E-state index contributed by atoms with van der Waals surface area (Å²) in [7, 11) is 1.36. The van der Waals surface area contributed by atoms with Gasteiger partial charge in [-0.25, -0.2) is 4.39 Å². The first-order valence-electron chi connectivity index (χ1n) is 6.00. The number of hydrogen-bond acceptors (Lipinski definition) is 2. The average molecular weight is 226 g/mol. The molecule has 3 rings (SSSR count). The largest absolute Gasteiger partial charge is 0.469 e. The van der Waals surface area contributed by atoms with Gasteiger partial charge in [-0.3, -0.25) is 4.79 Å². The Morgan fingerprint density at radius 1 is 1.44 bits per heavy atom. The number of fused-ring (bicyclic) bond motifs is 3. The van der Waals surface area contributed by atoms with Crippen molar-refractivity contribution in [1.82, 2.24) is 0 Å². The number of allylic oxidation sites excluding steroid dienone is 1. The molecular formula is C13H19FO2. The molecule has 0 heterocycles. The maximum atomic E-state index is 13.8. The molecule has 3 aliphatic carbocycles. The van der Waals surface area contributed by atoms with E-state index in [1.165, 1.54) is 20.0 Å². The summed E-state index contributed by atoms with van der Waals surface area (Å²) >= 11 is 0. The van der Waals surface area contributed by atoms with Crippen LogP contribution in [-0.4, -0.2) is 13.1 Å². The smallest absolute Gasteiger partial charge is 0.306 e. The third kappa shape index (κ3) is 1.76. The molecule has 0 aliphatic heterocycles. The standard InChI is InChI=1S/C13H19FO2/c1-9(14)13(8-12(15)16-2)7-10-3-5-11(13)6-4-10/h10-11H,1,3-8H2,2H3. The van der Waals surface area contributed by atoms with Gasteiger partial charge in [-0.2, -0.15) is 0 Å². The van der Waals surface area contributed by atoms with Crippen LogP contribution in [0, 0.1) is 17.3 Å². The summed E-state index contributed by atoms with van der Waals surface area (Å²) in [5.74, 6) is 0.231. The number of halogens is 1. The van der Waals surface area contributed by atoms with E-state index in [2.05, 4.69) is 11.3 Å². The second kappa shape index (κ2) is 4.19. The van der Waals surface area contributed by atoms with Crippen LogP contribution in [0.4, 0.5) is 4.39 Å². The molecule has 3 saturated carbocycles. The molecule has 2 nitrogen and oxygen atoms in total. The lowest BCUT2D eigenvalue weighted by atomic mass is 9.54. The van der Waals surface area contributed by atoms with E-state index in [-0.39, 0.29) is 24.1 Å². The van der Waals surface area contributed by atoms with E-state index < -0.39 is 5.41 Å². The van der Waals surface area contributed by atoms with Crippen LogP contribution in [0.1, 0.15) is 38.5 Å². The molecule has 0 spiro atoms. The first-order chi connectivity index (χ1) is 7.58.